The molecular formula is C6H13N3S. The zero-order chi connectivity index (χ0) is 8.15. The third kappa shape index (κ3) is 4.26. The van der Waals surface area contributed by atoms with Gasteiger partial charge in [-0.15, -0.1) is 0 Å². The number of hydrogen-bond acceptors (Lipinski definition) is 1. The Morgan fingerprint density at radius 1 is 1.30 bits per heavy atom. The second kappa shape index (κ2) is 4.22. The van der Waals surface area contributed by atoms with Crippen molar-refractivity contribution in [3.05, 3.63) is 0 Å². The maximum absolute atomic E-state index is 4.90. The van der Waals surface area contributed by atoms with Crippen LogP contribution in [0.25, 0.3) is 0 Å². The summed E-state index contributed by atoms with van der Waals surface area (Å²) in [5.74, 6) is 0. The van der Waals surface area contributed by atoms with Gasteiger partial charge in [0.2, 0.25) is 0 Å². The Bertz CT molecular complexity index is 140. The normalized spacial score (nSPS) is 10.0. The van der Waals surface area contributed by atoms with Gasteiger partial charge < -0.3 is 9.80 Å². The van der Waals surface area contributed by atoms with Crippen LogP contribution < -0.4 is 0 Å². The van der Waals surface area contributed by atoms with E-state index in [4.69, 9.17) is 12.2 Å². The molecule has 0 aromatic carbocycles. The lowest BCUT2D eigenvalue weighted by Crippen LogP contribution is -2.19. The van der Waals surface area contributed by atoms with Gasteiger partial charge >= 0.3 is 0 Å². The van der Waals surface area contributed by atoms with Gasteiger partial charge in [-0.05, 0) is 12.2 Å². The molecule has 0 aromatic rings. The minimum absolute atomic E-state index is 0.591. The molecule has 4 heteroatoms. The Morgan fingerprint density at radius 2 is 1.80 bits per heavy atom. The summed E-state index contributed by atoms with van der Waals surface area (Å²) in [7, 11) is 7.55. The first-order valence-electron chi connectivity index (χ1n) is 2.96. The van der Waals surface area contributed by atoms with E-state index in [1.807, 2.05) is 33.1 Å². The van der Waals surface area contributed by atoms with E-state index in [0.717, 1.165) is 0 Å². The Morgan fingerprint density at radius 3 is 2.10 bits per heavy atom. The molecule has 0 aromatic heterocycles. The van der Waals surface area contributed by atoms with Gasteiger partial charge in [0.25, 0.3) is 0 Å². The number of thiocarbonyl (C=S) groups is 1. The molecule has 0 N–H and O–H groups in total. The van der Waals surface area contributed by atoms with Gasteiger partial charge in [0, 0.05) is 28.2 Å². The third-order valence-electron chi connectivity index (χ3n) is 0.782. The van der Waals surface area contributed by atoms with E-state index in [9.17, 15) is 0 Å². The molecule has 3 nitrogen and oxygen atoms in total. The van der Waals surface area contributed by atoms with Crippen LogP contribution in [-0.4, -0.2) is 49.4 Å². The summed E-state index contributed by atoms with van der Waals surface area (Å²) in [6, 6.07) is 0. The van der Waals surface area contributed by atoms with Crippen molar-refractivity contribution in [1.29, 1.82) is 0 Å². The second-order valence-corrected chi connectivity index (χ2v) is 2.75. The van der Waals surface area contributed by atoms with Crippen LogP contribution in [0.2, 0.25) is 0 Å². The van der Waals surface area contributed by atoms with Gasteiger partial charge in [-0.3, -0.25) is 0 Å². The zero-order valence-corrected chi connectivity index (χ0v) is 7.64. The lowest BCUT2D eigenvalue weighted by molar-refractivity contribution is 0.618. The summed E-state index contributed by atoms with van der Waals surface area (Å²) in [6.45, 7) is 0. The monoisotopic (exact) mass is 159 g/mol. The highest BCUT2D eigenvalue weighted by molar-refractivity contribution is 7.80. The molecule has 10 heavy (non-hydrogen) atoms. The van der Waals surface area contributed by atoms with Crippen molar-refractivity contribution in [2.45, 2.75) is 0 Å². The highest BCUT2D eigenvalue weighted by atomic mass is 32.1. The Balaban J connectivity index is 3.79. The van der Waals surface area contributed by atoms with Crippen molar-refractivity contribution in [3.8, 4) is 0 Å². The summed E-state index contributed by atoms with van der Waals surface area (Å²) < 4.78 is 0. The van der Waals surface area contributed by atoms with Gasteiger partial charge in [-0.1, -0.05) is 0 Å². The molecule has 0 atom stereocenters. The third-order valence-corrected chi connectivity index (χ3v) is 1.25. The fourth-order valence-corrected chi connectivity index (χ4v) is 0.327. The summed E-state index contributed by atoms with van der Waals surface area (Å²) in [5.41, 5.74) is 0. The van der Waals surface area contributed by atoms with E-state index >= 15 is 0 Å². The lowest BCUT2D eigenvalue weighted by Gasteiger charge is -2.09. The second-order valence-electron chi connectivity index (χ2n) is 2.39. The van der Waals surface area contributed by atoms with Crippen LogP contribution in [0.4, 0.5) is 0 Å². The number of aliphatic imine (C=N–C) groups is 1. The molecule has 0 unspecified atom stereocenters. The van der Waals surface area contributed by atoms with Gasteiger partial charge in [0.05, 0.1) is 6.34 Å². The predicted molar refractivity (Wildman–Crippen MR) is 48.5 cm³/mol. The molecule has 0 aliphatic carbocycles. The first-order chi connectivity index (χ1) is 4.54. The molecule has 0 aliphatic rings. The van der Waals surface area contributed by atoms with Gasteiger partial charge in [-0.2, -0.15) is 0 Å². The summed E-state index contributed by atoms with van der Waals surface area (Å²) in [5, 5.41) is 0.591. The molecule has 0 fully saturated rings. The first kappa shape index (κ1) is 9.36. The Hall–Kier alpha value is -0.640. The van der Waals surface area contributed by atoms with E-state index in [-0.39, 0.29) is 0 Å². The molecule has 0 bridgehead atoms. The molecule has 0 rings (SSSR count). The van der Waals surface area contributed by atoms with E-state index in [0.29, 0.717) is 5.11 Å². The van der Waals surface area contributed by atoms with Crippen LogP contribution in [0.15, 0.2) is 4.99 Å². The zero-order valence-electron chi connectivity index (χ0n) is 6.83. The van der Waals surface area contributed by atoms with E-state index in [1.54, 1.807) is 11.2 Å². The Labute approximate surface area is 67.3 Å². The lowest BCUT2D eigenvalue weighted by atomic mass is 10.8. The molecule has 0 saturated heterocycles. The summed E-state index contributed by atoms with van der Waals surface area (Å²) in [6.07, 6.45) is 1.68. The van der Waals surface area contributed by atoms with Gasteiger partial charge in [0.1, 0.15) is 0 Å². The van der Waals surface area contributed by atoms with Crippen LogP contribution in [0, 0.1) is 0 Å². The van der Waals surface area contributed by atoms with E-state index in [2.05, 4.69) is 4.99 Å². The number of nitrogens with zero attached hydrogens (tertiary/aromatic N) is 3. The summed E-state index contributed by atoms with van der Waals surface area (Å²) in [4.78, 5) is 7.61. The average Bonchev–Trinajstić information content (AvgIpc) is 1.82. The topological polar surface area (TPSA) is 18.8 Å². The molecular weight excluding hydrogens is 146 g/mol. The molecule has 0 spiro atoms. The van der Waals surface area contributed by atoms with Crippen LogP contribution >= 0.6 is 12.2 Å². The van der Waals surface area contributed by atoms with Crippen LogP contribution in [0.5, 0.6) is 0 Å². The maximum Gasteiger partial charge on any atom is 0.196 e. The minimum atomic E-state index is 0.591. The molecule has 0 radical (unpaired) electrons. The van der Waals surface area contributed by atoms with E-state index in [1.165, 1.54) is 0 Å². The van der Waals surface area contributed by atoms with Gasteiger partial charge in [-0.25, -0.2) is 4.99 Å². The van der Waals surface area contributed by atoms with Crippen molar-refractivity contribution in [2.24, 2.45) is 4.99 Å². The smallest absolute Gasteiger partial charge is 0.196 e. The number of hydrogen-bond donors (Lipinski definition) is 0. The molecule has 0 heterocycles. The van der Waals surface area contributed by atoms with Crippen molar-refractivity contribution in [3.63, 3.8) is 0 Å². The summed E-state index contributed by atoms with van der Waals surface area (Å²) >= 11 is 4.90. The van der Waals surface area contributed by atoms with Crippen LogP contribution in [0.1, 0.15) is 0 Å². The van der Waals surface area contributed by atoms with Crippen molar-refractivity contribution < 1.29 is 0 Å². The van der Waals surface area contributed by atoms with Crippen molar-refractivity contribution in [2.75, 3.05) is 28.2 Å². The predicted octanol–water partition coefficient (Wildman–Crippen LogP) is 0.423. The number of rotatable bonds is 1. The largest absolute Gasteiger partial charge is 0.369 e. The van der Waals surface area contributed by atoms with Crippen molar-refractivity contribution >= 4 is 23.7 Å². The van der Waals surface area contributed by atoms with Crippen LogP contribution in [-0.2, 0) is 0 Å². The molecule has 0 amide bonds. The highest BCUT2D eigenvalue weighted by Crippen LogP contribution is 1.83. The average molecular weight is 159 g/mol. The maximum atomic E-state index is 4.90. The molecule has 0 aliphatic heterocycles. The minimum Gasteiger partial charge on any atom is -0.369 e. The fourth-order valence-electron chi connectivity index (χ4n) is 0.280. The molecule has 58 valence electrons. The van der Waals surface area contributed by atoms with Gasteiger partial charge in [0.15, 0.2) is 5.11 Å². The fraction of sp³-hybridized carbons (Fsp3) is 0.667. The SMILES string of the molecule is CN(C)/C=N\C(=S)N(C)C. The van der Waals surface area contributed by atoms with Crippen LogP contribution in [0.3, 0.4) is 0 Å². The highest BCUT2D eigenvalue weighted by Gasteiger charge is 1.91. The Kier molecular flexibility index (Phi) is 3.95. The standard InChI is InChI=1S/C6H13N3S/c1-8(2)5-7-6(10)9(3)4/h5H,1-4H3/b7-5-. The van der Waals surface area contributed by atoms with E-state index < -0.39 is 0 Å². The molecule has 0 saturated carbocycles. The quantitative estimate of drug-likeness (QED) is 0.314. The van der Waals surface area contributed by atoms with Crippen molar-refractivity contribution in [1.82, 2.24) is 9.80 Å². The first-order valence-corrected chi connectivity index (χ1v) is 3.36.